The molecule has 0 spiro atoms. The molecule has 2 rings (SSSR count). The van der Waals surface area contributed by atoms with Crippen LogP contribution < -0.4 is 5.32 Å². The van der Waals surface area contributed by atoms with Gasteiger partial charge in [-0.2, -0.15) is 18.3 Å². The SMILES string of the molecule is Cc1cc(C(F)(F)F)ccc1CNC(=O)[C@H](C)n1cncn1. The van der Waals surface area contributed by atoms with E-state index in [9.17, 15) is 18.0 Å². The first kappa shape index (κ1) is 16.0. The van der Waals surface area contributed by atoms with Gasteiger partial charge in [0.1, 0.15) is 18.7 Å². The van der Waals surface area contributed by atoms with E-state index in [1.54, 1.807) is 13.8 Å². The third kappa shape index (κ3) is 3.63. The number of alkyl halides is 3. The molecule has 118 valence electrons. The first-order valence-corrected chi connectivity index (χ1v) is 6.57. The number of rotatable bonds is 4. The normalized spacial score (nSPS) is 13.0. The number of hydrogen-bond acceptors (Lipinski definition) is 3. The number of aromatic nitrogens is 3. The van der Waals surface area contributed by atoms with E-state index < -0.39 is 17.8 Å². The van der Waals surface area contributed by atoms with Gasteiger partial charge in [0.2, 0.25) is 5.91 Å². The first-order valence-electron chi connectivity index (χ1n) is 6.57. The van der Waals surface area contributed by atoms with Crippen molar-refractivity contribution in [3.8, 4) is 0 Å². The van der Waals surface area contributed by atoms with Crippen molar-refractivity contribution in [1.82, 2.24) is 20.1 Å². The predicted molar refractivity (Wildman–Crippen MR) is 72.8 cm³/mol. The van der Waals surface area contributed by atoms with Crippen molar-refractivity contribution in [3.05, 3.63) is 47.5 Å². The molecule has 0 aliphatic carbocycles. The Bertz CT molecular complexity index is 653. The summed E-state index contributed by atoms with van der Waals surface area (Å²) < 4.78 is 39.2. The lowest BCUT2D eigenvalue weighted by Gasteiger charge is -2.14. The van der Waals surface area contributed by atoms with Gasteiger partial charge in [0, 0.05) is 6.54 Å². The molecule has 0 saturated heterocycles. The quantitative estimate of drug-likeness (QED) is 0.943. The minimum atomic E-state index is -4.37. The number of hydrogen-bond donors (Lipinski definition) is 1. The van der Waals surface area contributed by atoms with E-state index in [1.807, 2.05) is 0 Å². The summed E-state index contributed by atoms with van der Waals surface area (Å²) in [5, 5.41) is 6.55. The molecule has 0 radical (unpaired) electrons. The molecule has 8 heteroatoms. The minimum absolute atomic E-state index is 0.155. The Morgan fingerprint density at radius 1 is 1.41 bits per heavy atom. The molecule has 1 N–H and O–H groups in total. The molecular weight excluding hydrogens is 297 g/mol. The van der Waals surface area contributed by atoms with Gasteiger partial charge in [0.25, 0.3) is 0 Å². The van der Waals surface area contributed by atoms with E-state index in [2.05, 4.69) is 15.4 Å². The van der Waals surface area contributed by atoms with E-state index in [-0.39, 0.29) is 12.5 Å². The molecule has 2 aromatic rings. The molecule has 1 amide bonds. The number of nitrogens with one attached hydrogen (secondary N) is 1. The maximum absolute atomic E-state index is 12.6. The molecule has 0 aliphatic rings. The fourth-order valence-electron chi connectivity index (χ4n) is 1.94. The Morgan fingerprint density at radius 3 is 2.68 bits per heavy atom. The summed E-state index contributed by atoms with van der Waals surface area (Å²) in [6.45, 7) is 3.39. The first-order chi connectivity index (χ1) is 10.3. The zero-order chi connectivity index (χ0) is 16.3. The molecule has 1 heterocycles. The lowest BCUT2D eigenvalue weighted by molar-refractivity contribution is -0.137. The Kier molecular flexibility index (Phi) is 4.48. The lowest BCUT2D eigenvalue weighted by atomic mass is 10.0. The minimum Gasteiger partial charge on any atom is -0.350 e. The van der Waals surface area contributed by atoms with Gasteiger partial charge in [-0.1, -0.05) is 6.07 Å². The van der Waals surface area contributed by atoms with E-state index in [0.717, 1.165) is 12.1 Å². The largest absolute Gasteiger partial charge is 0.416 e. The van der Waals surface area contributed by atoms with Gasteiger partial charge >= 0.3 is 6.18 Å². The van der Waals surface area contributed by atoms with Crippen LogP contribution in [-0.2, 0) is 17.5 Å². The summed E-state index contributed by atoms with van der Waals surface area (Å²) in [6, 6.07) is 2.91. The maximum Gasteiger partial charge on any atom is 0.416 e. The van der Waals surface area contributed by atoms with Crippen molar-refractivity contribution < 1.29 is 18.0 Å². The van der Waals surface area contributed by atoms with Crippen LogP contribution in [0.2, 0.25) is 0 Å². The molecule has 1 aromatic heterocycles. The summed E-state index contributed by atoms with van der Waals surface area (Å²) in [7, 11) is 0. The Morgan fingerprint density at radius 2 is 2.14 bits per heavy atom. The average Bonchev–Trinajstić information content (AvgIpc) is 2.97. The monoisotopic (exact) mass is 312 g/mol. The van der Waals surface area contributed by atoms with E-state index in [0.29, 0.717) is 11.1 Å². The summed E-state index contributed by atoms with van der Waals surface area (Å²) >= 11 is 0. The van der Waals surface area contributed by atoms with Crippen LogP contribution in [0.1, 0.15) is 29.7 Å². The van der Waals surface area contributed by atoms with Crippen molar-refractivity contribution >= 4 is 5.91 Å². The van der Waals surface area contributed by atoms with Gasteiger partial charge in [-0.3, -0.25) is 4.79 Å². The molecule has 0 fully saturated rings. The number of nitrogens with zero attached hydrogens (tertiary/aromatic N) is 3. The van der Waals surface area contributed by atoms with Crippen LogP contribution >= 0.6 is 0 Å². The number of halogens is 3. The number of aryl methyl sites for hydroxylation is 1. The van der Waals surface area contributed by atoms with Crippen LogP contribution in [0.5, 0.6) is 0 Å². The molecule has 0 aliphatic heterocycles. The van der Waals surface area contributed by atoms with Gasteiger partial charge in [-0.15, -0.1) is 0 Å². The van der Waals surface area contributed by atoms with E-state index in [4.69, 9.17) is 0 Å². The van der Waals surface area contributed by atoms with Crippen molar-refractivity contribution in [2.75, 3.05) is 0 Å². The van der Waals surface area contributed by atoms with Crippen LogP contribution in [0.25, 0.3) is 0 Å². The highest BCUT2D eigenvalue weighted by molar-refractivity contribution is 5.79. The summed E-state index contributed by atoms with van der Waals surface area (Å²) in [4.78, 5) is 15.7. The molecule has 1 aromatic carbocycles. The van der Waals surface area contributed by atoms with Crippen molar-refractivity contribution in [3.63, 3.8) is 0 Å². The number of carbonyl (C=O) groups is 1. The second-order valence-corrected chi connectivity index (χ2v) is 4.91. The van der Waals surface area contributed by atoms with Crippen LogP contribution in [0.4, 0.5) is 13.2 Å². The van der Waals surface area contributed by atoms with Gasteiger partial charge in [-0.25, -0.2) is 9.67 Å². The van der Waals surface area contributed by atoms with E-state index >= 15 is 0 Å². The highest BCUT2D eigenvalue weighted by atomic mass is 19.4. The third-order valence-electron chi connectivity index (χ3n) is 3.34. The van der Waals surface area contributed by atoms with Crippen LogP contribution in [0.15, 0.2) is 30.9 Å². The van der Waals surface area contributed by atoms with Gasteiger partial charge < -0.3 is 5.32 Å². The fourth-order valence-corrected chi connectivity index (χ4v) is 1.94. The highest BCUT2D eigenvalue weighted by Crippen LogP contribution is 2.30. The standard InChI is InChI=1S/C14H15F3N4O/c1-9-5-12(14(15,16)17)4-3-11(9)6-19-13(22)10(2)21-8-18-7-20-21/h3-5,7-8,10H,6H2,1-2H3,(H,19,22)/t10-/m0/s1. The molecule has 22 heavy (non-hydrogen) atoms. The van der Waals surface area contributed by atoms with Gasteiger partial charge in [0.05, 0.1) is 5.56 Å². The van der Waals surface area contributed by atoms with Gasteiger partial charge in [0.15, 0.2) is 0 Å². The number of amides is 1. The molecule has 5 nitrogen and oxygen atoms in total. The molecule has 1 atom stereocenters. The van der Waals surface area contributed by atoms with E-state index in [1.165, 1.54) is 23.4 Å². The third-order valence-corrected chi connectivity index (χ3v) is 3.34. The average molecular weight is 312 g/mol. The zero-order valence-corrected chi connectivity index (χ0v) is 12.1. The molecule has 0 saturated carbocycles. The second-order valence-electron chi connectivity index (χ2n) is 4.91. The fraction of sp³-hybridized carbons (Fsp3) is 0.357. The van der Waals surface area contributed by atoms with Crippen LogP contribution in [-0.4, -0.2) is 20.7 Å². The lowest BCUT2D eigenvalue weighted by Crippen LogP contribution is -2.31. The molecule has 0 unspecified atom stereocenters. The number of carbonyl (C=O) groups excluding carboxylic acids is 1. The van der Waals surface area contributed by atoms with Crippen LogP contribution in [0, 0.1) is 6.92 Å². The summed E-state index contributed by atoms with van der Waals surface area (Å²) in [6.07, 6.45) is -1.62. The highest BCUT2D eigenvalue weighted by Gasteiger charge is 2.30. The zero-order valence-electron chi connectivity index (χ0n) is 12.1. The Labute approximate surface area is 125 Å². The summed E-state index contributed by atoms with van der Waals surface area (Å²) in [5.41, 5.74) is 0.409. The summed E-state index contributed by atoms with van der Waals surface area (Å²) in [5.74, 6) is -0.287. The predicted octanol–water partition coefficient (Wildman–Crippen LogP) is 2.48. The smallest absolute Gasteiger partial charge is 0.350 e. The van der Waals surface area contributed by atoms with Crippen molar-refractivity contribution in [2.24, 2.45) is 0 Å². The van der Waals surface area contributed by atoms with Crippen molar-refractivity contribution in [1.29, 1.82) is 0 Å². The molecule has 0 bridgehead atoms. The van der Waals surface area contributed by atoms with Gasteiger partial charge in [-0.05, 0) is 37.1 Å². The molecular formula is C14H15F3N4O. The topological polar surface area (TPSA) is 59.8 Å². The van der Waals surface area contributed by atoms with Crippen LogP contribution in [0.3, 0.4) is 0 Å². The second kappa shape index (κ2) is 6.17. The number of benzene rings is 1. The maximum atomic E-state index is 12.6. The van der Waals surface area contributed by atoms with Crippen molar-refractivity contribution in [2.45, 2.75) is 32.6 Å². The Balaban J connectivity index is 2.01. The Hall–Kier alpha value is -2.38.